The van der Waals surface area contributed by atoms with Crippen molar-refractivity contribution in [2.24, 2.45) is 0 Å². The summed E-state index contributed by atoms with van der Waals surface area (Å²) in [5, 5.41) is 5.38. The Balaban J connectivity index is 2.75. The number of ether oxygens (including phenoxy) is 2. The molecule has 0 heterocycles. The normalized spacial score (nSPS) is 9.89. The summed E-state index contributed by atoms with van der Waals surface area (Å²) in [4.78, 5) is 11.5. The minimum Gasteiger partial charge on any atom is -0.493 e. The molecule has 1 aromatic carbocycles. The number of rotatable bonds is 6. The summed E-state index contributed by atoms with van der Waals surface area (Å²) in [6.07, 6.45) is 0.271. The van der Waals surface area contributed by atoms with Crippen LogP contribution in [0.2, 0.25) is 5.02 Å². The van der Waals surface area contributed by atoms with E-state index in [4.69, 9.17) is 21.1 Å². The zero-order chi connectivity index (χ0) is 14.3. The van der Waals surface area contributed by atoms with Crippen molar-refractivity contribution >= 4 is 23.3 Å². The van der Waals surface area contributed by atoms with Gasteiger partial charge >= 0.3 is 6.03 Å². The number of anilines is 1. The highest BCUT2D eigenvalue weighted by molar-refractivity contribution is 6.34. The van der Waals surface area contributed by atoms with Crippen LogP contribution < -0.4 is 20.1 Å². The van der Waals surface area contributed by atoms with Gasteiger partial charge in [-0.2, -0.15) is 0 Å². The molecule has 2 N–H and O–H groups in total. The van der Waals surface area contributed by atoms with E-state index < -0.39 is 12.7 Å². The van der Waals surface area contributed by atoms with Crippen molar-refractivity contribution in [3.63, 3.8) is 0 Å². The Kier molecular flexibility index (Phi) is 6.21. The van der Waals surface area contributed by atoms with Crippen molar-refractivity contribution in [3.05, 3.63) is 17.2 Å². The number of benzene rings is 1. The summed E-state index contributed by atoms with van der Waals surface area (Å²) in [5.74, 6) is 0.918. The van der Waals surface area contributed by atoms with E-state index in [1.54, 1.807) is 6.07 Å². The average molecular weight is 291 g/mol. The Hall–Kier alpha value is -1.69. The topological polar surface area (TPSA) is 59.6 Å². The van der Waals surface area contributed by atoms with Crippen LogP contribution in [-0.4, -0.2) is 33.5 Å². The number of carbonyl (C=O) groups excluding carboxylic acids is 1. The van der Waals surface area contributed by atoms with Gasteiger partial charge in [-0.1, -0.05) is 11.6 Å². The van der Waals surface area contributed by atoms with Crippen molar-refractivity contribution < 1.29 is 18.7 Å². The highest BCUT2D eigenvalue weighted by Crippen LogP contribution is 2.35. The summed E-state index contributed by atoms with van der Waals surface area (Å²) in [6, 6.07) is 2.63. The van der Waals surface area contributed by atoms with Crippen LogP contribution in [0.15, 0.2) is 12.1 Å². The van der Waals surface area contributed by atoms with Gasteiger partial charge in [-0.3, -0.25) is 4.39 Å². The molecule has 0 aliphatic carbocycles. The van der Waals surface area contributed by atoms with Crippen molar-refractivity contribution in [2.75, 3.05) is 32.8 Å². The van der Waals surface area contributed by atoms with Crippen LogP contribution in [0.1, 0.15) is 6.42 Å². The van der Waals surface area contributed by atoms with Gasteiger partial charge in [0.1, 0.15) is 0 Å². The molecule has 0 atom stereocenters. The van der Waals surface area contributed by atoms with E-state index in [0.717, 1.165) is 0 Å². The van der Waals surface area contributed by atoms with Crippen molar-refractivity contribution in [1.29, 1.82) is 0 Å². The maximum Gasteiger partial charge on any atom is 0.319 e. The summed E-state index contributed by atoms with van der Waals surface area (Å²) in [5.41, 5.74) is 0.386. The van der Waals surface area contributed by atoms with E-state index in [1.807, 2.05) is 0 Å². The zero-order valence-electron chi connectivity index (χ0n) is 10.8. The summed E-state index contributed by atoms with van der Waals surface area (Å²) >= 11 is 6.00. The minimum atomic E-state index is -0.475. The molecule has 0 radical (unpaired) electrons. The van der Waals surface area contributed by atoms with Gasteiger partial charge in [0.2, 0.25) is 0 Å². The number of urea groups is 1. The fraction of sp³-hybridized carbons (Fsp3) is 0.417. The third-order valence-corrected chi connectivity index (χ3v) is 2.63. The molecular formula is C12H16ClFN2O3. The van der Waals surface area contributed by atoms with Gasteiger partial charge in [-0.25, -0.2) is 4.79 Å². The van der Waals surface area contributed by atoms with Gasteiger partial charge in [0.25, 0.3) is 0 Å². The maximum atomic E-state index is 11.9. The smallest absolute Gasteiger partial charge is 0.319 e. The van der Waals surface area contributed by atoms with Gasteiger partial charge in [0.15, 0.2) is 11.5 Å². The van der Waals surface area contributed by atoms with Crippen LogP contribution >= 0.6 is 11.6 Å². The number of amides is 2. The van der Waals surface area contributed by atoms with Gasteiger partial charge in [0, 0.05) is 18.7 Å². The Morgan fingerprint density at radius 3 is 2.53 bits per heavy atom. The first-order valence-corrected chi connectivity index (χ1v) is 6.02. The predicted octanol–water partition coefficient (Wildman–Crippen LogP) is 2.84. The lowest BCUT2D eigenvalue weighted by Gasteiger charge is -2.13. The second kappa shape index (κ2) is 7.68. The molecule has 1 aromatic rings. The molecule has 2 amide bonds. The van der Waals surface area contributed by atoms with Crippen LogP contribution in [0.25, 0.3) is 0 Å². The second-order valence-electron chi connectivity index (χ2n) is 3.61. The van der Waals surface area contributed by atoms with Crippen LogP contribution in [0, 0.1) is 0 Å². The van der Waals surface area contributed by atoms with Crippen LogP contribution in [0.3, 0.4) is 0 Å². The van der Waals surface area contributed by atoms with E-state index in [1.165, 1.54) is 20.3 Å². The first kappa shape index (κ1) is 15.4. The Bertz CT molecular complexity index is 443. The monoisotopic (exact) mass is 290 g/mol. The largest absolute Gasteiger partial charge is 0.493 e. The molecule has 0 saturated heterocycles. The number of alkyl halides is 1. The summed E-state index contributed by atoms with van der Waals surface area (Å²) < 4.78 is 22.1. The number of halogens is 2. The van der Waals surface area contributed by atoms with E-state index in [2.05, 4.69) is 10.6 Å². The molecule has 106 valence electrons. The van der Waals surface area contributed by atoms with Crippen molar-refractivity contribution in [3.8, 4) is 11.5 Å². The zero-order valence-corrected chi connectivity index (χ0v) is 11.5. The molecule has 1 rings (SSSR count). The maximum absolute atomic E-state index is 11.9. The van der Waals surface area contributed by atoms with Gasteiger partial charge < -0.3 is 20.1 Å². The Morgan fingerprint density at radius 2 is 1.95 bits per heavy atom. The second-order valence-corrected chi connectivity index (χ2v) is 4.02. The number of hydrogen-bond acceptors (Lipinski definition) is 3. The predicted molar refractivity (Wildman–Crippen MR) is 72.2 cm³/mol. The molecular weight excluding hydrogens is 275 g/mol. The average Bonchev–Trinajstić information content (AvgIpc) is 2.40. The van der Waals surface area contributed by atoms with E-state index in [-0.39, 0.29) is 13.0 Å². The molecule has 7 heteroatoms. The van der Waals surface area contributed by atoms with Crippen LogP contribution in [-0.2, 0) is 0 Å². The Labute approximate surface area is 116 Å². The van der Waals surface area contributed by atoms with Gasteiger partial charge in [-0.15, -0.1) is 0 Å². The molecule has 0 saturated carbocycles. The SMILES string of the molecule is COc1cc(Cl)c(NC(=O)NCCCF)cc1OC. The molecule has 0 spiro atoms. The van der Waals surface area contributed by atoms with Crippen LogP contribution in [0.4, 0.5) is 14.9 Å². The standard InChI is InChI=1S/C12H16ClFN2O3/c1-18-10-6-8(13)9(7-11(10)19-2)16-12(17)15-5-3-4-14/h6-7H,3-5H2,1-2H3,(H2,15,16,17). The Morgan fingerprint density at radius 1 is 1.32 bits per heavy atom. The number of carbonyl (C=O) groups is 1. The van der Waals surface area contributed by atoms with Crippen molar-refractivity contribution in [1.82, 2.24) is 5.32 Å². The number of methoxy groups -OCH3 is 2. The summed E-state index contributed by atoms with van der Waals surface area (Å²) in [6.45, 7) is -0.218. The molecule has 0 unspecified atom stereocenters. The van der Waals surface area contributed by atoms with Gasteiger partial charge in [-0.05, 0) is 6.42 Å². The van der Waals surface area contributed by atoms with E-state index in [0.29, 0.717) is 22.2 Å². The van der Waals surface area contributed by atoms with Crippen molar-refractivity contribution in [2.45, 2.75) is 6.42 Å². The quantitative estimate of drug-likeness (QED) is 0.792. The molecule has 0 fully saturated rings. The lowest BCUT2D eigenvalue weighted by atomic mass is 10.2. The molecule has 19 heavy (non-hydrogen) atoms. The first-order chi connectivity index (χ1) is 9.12. The van der Waals surface area contributed by atoms with Crippen LogP contribution in [0.5, 0.6) is 11.5 Å². The highest BCUT2D eigenvalue weighted by atomic mass is 35.5. The molecule has 0 aromatic heterocycles. The third-order valence-electron chi connectivity index (χ3n) is 2.32. The van der Waals surface area contributed by atoms with Gasteiger partial charge in [0.05, 0.1) is 31.6 Å². The molecule has 0 aliphatic rings. The first-order valence-electron chi connectivity index (χ1n) is 5.64. The summed E-state index contributed by atoms with van der Waals surface area (Å²) in [7, 11) is 2.97. The van der Waals surface area contributed by atoms with E-state index >= 15 is 0 Å². The van der Waals surface area contributed by atoms with E-state index in [9.17, 15) is 9.18 Å². The molecule has 0 aliphatic heterocycles. The fourth-order valence-electron chi connectivity index (χ4n) is 1.39. The lowest BCUT2D eigenvalue weighted by Crippen LogP contribution is -2.29. The minimum absolute atomic E-state index is 0.257. The molecule has 0 bridgehead atoms. The molecule has 5 nitrogen and oxygen atoms in total. The third kappa shape index (κ3) is 4.48. The number of nitrogens with one attached hydrogen (secondary N) is 2. The lowest BCUT2D eigenvalue weighted by molar-refractivity contribution is 0.251. The fourth-order valence-corrected chi connectivity index (χ4v) is 1.59. The number of hydrogen-bond donors (Lipinski definition) is 2. The highest BCUT2D eigenvalue weighted by Gasteiger charge is 2.11.